The first-order valence-electron chi connectivity index (χ1n) is 12.4. The Balaban J connectivity index is 1.22. The molecule has 0 saturated carbocycles. The van der Waals surface area contributed by atoms with Crippen molar-refractivity contribution in [3.63, 3.8) is 0 Å². The van der Waals surface area contributed by atoms with Crippen molar-refractivity contribution in [2.24, 2.45) is 0 Å². The van der Waals surface area contributed by atoms with Crippen molar-refractivity contribution in [2.75, 3.05) is 26.2 Å². The lowest BCUT2D eigenvalue weighted by molar-refractivity contribution is 0.0704. The molecule has 2 aliphatic rings. The van der Waals surface area contributed by atoms with Gasteiger partial charge in [-0.15, -0.1) is 0 Å². The lowest BCUT2D eigenvalue weighted by Gasteiger charge is -2.34. The first-order valence-corrected chi connectivity index (χ1v) is 13.6. The third-order valence-electron chi connectivity index (χ3n) is 7.00. The van der Waals surface area contributed by atoms with Crippen LogP contribution in [0.5, 0.6) is 5.88 Å². The fraction of sp³-hybridized carbons (Fsp3) is 0.577. The fourth-order valence-corrected chi connectivity index (χ4v) is 5.47. The van der Waals surface area contributed by atoms with E-state index in [0.29, 0.717) is 41.9 Å². The molecule has 198 valence electrons. The highest BCUT2D eigenvalue weighted by Crippen LogP contribution is 2.29. The van der Waals surface area contributed by atoms with Crippen LogP contribution in [0, 0.1) is 5.82 Å². The summed E-state index contributed by atoms with van der Waals surface area (Å²) in [6.45, 7) is 8.07. The zero-order valence-corrected chi connectivity index (χ0v) is 22.9. The maximum atomic E-state index is 14.0. The number of likely N-dealkylation sites (tertiary alicyclic amines) is 2. The van der Waals surface area contributed by atoms with Crippen molar-refractivity contribution in [2.45, 2.75) is 70.6 Å². The molecule has 0 bridgehead atoms. The van der Waals surface area contributed by atoms with Gasteiger partial charge in [-0.3, -0.25) is 15.1 Å². The van der Waals surface area contributed by atoms with E-state index in [2.05, 4.69) is 20.1 Å². The predicted molar refractivity (Wildman–Crippen MR) is 141 cm³/mol. The first kappa shape index (κ1) is 27.8. The van der Waals surface area contributed by atoms with E-state index in [4.69, 9.17) is 39.5 Å². The van der Waals surface area contributed by atoms with Gasteiger partial charge >= 0.3 is 0 Å². The first-order chi connectivity index (χ1) is 17.1. The summed E-state index contributed by atoms with van der Waals surface area (Å²) in [5.41, 5.74) is 0.670. The molecule has 2 fully saturated rings. The fourth-order valence-electron chi connectivity index (χ4n) is 4.79. The lowest BCUT2D eigenvalue weighted by Crippen LogP contribution is -2.46. The van der Waals surface area contributed by atoms with E-state index in [0.717, 1.165) is 50.1 Å². The third kappa shape index (κ3) is 7.65. The van der Waals surface area contributed by atoms with Crippen molar-refractivity contribution in [1.82, 2.24) is 20.1 Å². The maximum absolute atomic E-state index is 14.0. The number of hydrogen-bond acceptors (Lipinski definition) is 5. The van der Waals surface area contributed by atoms with Gasteiger partial charge in [0.15, 0.2) is 0 Å². The average Bonchev–Trinajstić information content (AvgIpc) is 2.82. The molecule has 1 N–H and O–H groups in total. The second-order valence-electron chi connectivity index (χ2n) is 10.2. The SMILES string of the molecule is CC(NC1CCN(Cc2cc(F)c(Cl)cc2Cl)CC1)Oc1ncc(CN2CCC(C)(F)CC2)cc1Cl. The Hall–Kier alpha value is -1.22. The number of rotatable bonds is 8. The molecule has 1 atom stereocenters. The number of nitrogens with zero attached hydrogens (tertiary/aromatic N) is 3. The number of halogens is 5. The minimum Gasteiger partial charge on any atom is -0.458 e. The lowest BCUT2D eigenvalue weighted by atomic mass is 9.95. The van der Waals surface area contributed by atoms with Crippen LogP contribution in [-0.2, 0) is 13.1 Å². The molecular weight excluding hydrogens is 529 g/mol. The Kier molecular flexibility index (Phi) is 9.34. The molecule has 10 heteroatoms. The molecule has 5 nitrogen and oxygen atoms in total. The molecule has 4 rings (SSSR count). The maximum Gasteiger partial charge on any atom is 0.234 e. The van der Waals surface area contributed by atoms with E-state index in [1.807, 2.05) is 13.0 Å². The standard InChI is InChI=1S/C26H33Cl3F2N4O/c1-17(33-20-3-7-34(8-4-20)16-19-12-24(30)22(28)13-21(19)27)36-25-23(29)11-18(14-32-25)15-35-9-5-26(2,31)6-10-35/h11-14,17,20,33H,3-10,15-16H2,1-2H3. The zero-order chi connectivity index (χ0) is 25.9. The van der Waals surface area contributed by atoms with Gasteiger partial charge in [-0.25, -0.2) is 13.8 Å². The van der Waals surface area contributed by atoms with Crippen LogP contribution in [-0.4, -0.2) is 58.9 Å². The quantitative estimate of drug-likeness (QED) is 0.295. The van der Waals surface area contributed by atoms with Crippen LogP contribution < -0.4 is 10.1 Å². The molecule has 0 aliphatic carbocycles. The topological polar surface area (TPSA) is 40.6 Å². The number of aromatic nitrogens is 1. The van der Waals surface area contributed by atoms with Gasteiger partial charge in [0.2, 0.25) is 5.88 Å². The molecule has 2 aromatic rings. The number of hydrogen-bond donors (Lipinski definition) is 1. The zero-order valence-electron chi connectivity index (χ0n) is 20.7. The summed E-state index contributed by atoms with van der Waals surface area (Å²) >= 11 is 18.5. The van der Waals surface area contributed by atoms with Crippen molar-refractivity contribution in [1.29, 1.82) is 0 Å². The molecule has 2 aliphatic heterocycles. The van der Waals surface area contributed by atoms with E-state index in [1.54, 1.807) is 13.1 Å². The number of nitrogens with one attached hydrogen (secondary N) is 1. The summed E-state index contributed by atoms with van der Waals surface area (Å²) in [6.07, 6.45) is 4.46. The van der Waals surface area contributed by atoms with Crippen LogP contribution in [0.15, 0.2) is 24.4 Å². The Morgan fingerprint density at radius 2 is 1.69 bits per heavy atom. The normalized spacial score (nSPS) is 20.4. The molecular formula is C26H33Cl3F2N4O. The highest BCUT2D eigenvalue weighted by atomic mass is 35.5. The van der Waals surface area contributed by atoms with E-state index in [9.17, 15) is 8.78 Å². The Morgan fingerprint density at radius 3 is 2.36 bits per heavy atom. The smallest absolute Gasteiger partial charge is 0.234 e. The third-order valence-corrected chi connectivity index (χ3v) is 7.91. The van der Waals surface area contributed by atoms with Crippen molar-refractivity contribution in [3.8, 4) is 5.88 Å². The van der Waals surface area contributed by atoms with E-state index in [1.165, 1.54) is 12.1 Å². The Morgan fingerprint density at radius 1 is 1.03 bits per heavy atom. The number of pyridine rings is 1. The van der Waals surface area contributed by atoms with Crippen LogP contribution in [0.4, 0.5) is 8.78 Å². The largest absolute Gasteiger partial charge is 0.458 e. The molecule has 1 aromatic carbocycles. The number of alkyl halides is 1. The summed E-state index contributed by atoms with van der Waals surface area (Å²) in [4.78, 5) is 8.91. The second-order valence-corrected chi connectivity index (χ2v) is 11.4. The van der Waals surface area contributed by atoms with Crippen LogP contribution >= 0.6 is 34.8 Å². The van der Waals surface area contributed by atoms with Gasteiger partial charge in [0, 0.05) is 43.4 Å². The summed E-state index contributed by atoms with van der Waals surface area (Å²) in [7, 11) is 0. The van der Waals surface area contributed by atoms with Gasteiger partial charge in [0.25, 0.3) is 0 Å². The molecule has 0 amide bonds. The molecule has 0 spiro atoms. The molecule has 3 heterocycles. The van der Waals surface area contributed by atoms with E-state index < -0.39 is 11.5 Å². The van der Waals surface area contributed by atoms with Gasteiger partial charge < -0.3 is 4.74 Å². The summed E-state index contributed by atoms with van der Waals surface area (Å²) in [6, 6.07) is 5.04. The van der Waals surface area contributed by atoms with Gasteiger partial charge in [-0.05, 0) is 81.9 Å². The van der Waals surface area contributed by atoms with Crippen molar-refractivity contribution < 1.29 is 13.5 Å². The minimum atomic E-state index is -1.06. The molecule has 2 saturated heterocycles. The van der Waals surface area contributed by atoms with Gasteiger partial charge in [-0.2, -0.15) is 0 Å². The van der Waals surface area contributed by atoms with Crippen LogP contribution in [0.25, 0.3) is 0 Å². The highest BCUT2D eigenvalue weighted by Gasteiger charge is 2.29. The molecule has 1 aromatic heterocycles. The molecule has 1 unspecified atom stereocenters. The van der Waals surface area contributed by atoms with Crippen molar-refractivity contribution in [3.05, 3.63) is 56.4 Å². The van der Waals surface area contributed by atoms with E-state index in [-0.39, 0.29) is 17.3 Å². The van der Waals surface area contributed by atoms with Crippen molar-refractivity contribution >= 4 is 34.8 Å². The summed E-state index contributed by atoms with van der Waals surface area (Å²) in [5, 5.41) is 4.49. The Bertz CT molecular complexity index is 1040. The summed E-state index contributed by atoms with van der Waals surface area (Å²) < 4.78 is 33.8. The van der Waals surface area contributed by atoms with E-state index >= 15 is 0 Å². The highest BCUT2D eigenvalue weighted by molar-refractivity contribution is 6.35. The number of piperidine rings is 2. The number of ether oxygens (including phenoxy) is 1. The Labute approximate surface area is 227 Å². The van der Waals surface area contributed by atoms with Gasteiger partial charge in [-0.1, -0.05) is 34.8 Å². The second kappa shape index (κ2) is 12.1. The predicted octanol–water partition coefficient (Wildman–Crippen LogP) is 6.48. The molecule has 36 heavy (non-hydrogen) atoms. The average molecular weight is 562 g/mol. The van der Waals surface area contributed by atoms with Gasteiger partial charge in [0.05, 0.1) is 5.02 Å². The van der Waals surface area contributed by atoms with Crippen LogP contribution in [0.3, 0.4) is 0 Å². The number of benzene rings is 1. The molecule has 0 radical (unpaired) electrons. The van der Waals surface area contributed by atoms with Crippen LogP contribution in [0.2, 0.25) is 15.1 Å². The van der Waals surface area contributed by atoms with Crippen LogP contribution in [0.1, 0.15) is 50.7 Å². The summed E-state index contributed by atoms with van der Waals surface area (Å²) in [5.74, 6) is -0.0537. The minimum absolute atomic E-state index is 0.0395. The van der Waals surface area contributed by atoms with Gasteiger partial charge in [0.1, 0.15) is 22.7 Å². The monoisotopic (exact) mass is 560 g/mol.